The molecule has 0 N–H and O–H groups in total. The Morgan fingerprint density at radius 1 is 1.31 bits per heavy atom. The molecule has 0 heterocycles. The van der Waals surface area contributed by atoms with Crippen LogP contribution >= 0.6 is 23.2 Å². The Kier molecular flexibility index (Phi) is 5.02. The van der Waals surface area contributed by atoms with Crippen LogP contribution in [0.4, 0.5) is 4.39 Å². The molecule has 29 heavy (non-hydrogen) atoms. The van der Waals surface area contributed by atoms with E-state index in [1.807, 2.05) is 6.92 Å². The summed E-state index contributed by atoms with van der Waals surface area (Å²) in [4.78, 5) is 23.1. The van der Waals surface area contributed by atoms with Gasteiger partial charge < -0.3 is 4.74 Å². The number of ether oxygens (including phenoxy) is 1. The molecule has 4 aliphatic rings. The van der Waals surface area contributed by atoms with Crippen molar-refractivity contribution in [2.24, 2.45) is 28.6 Å². The minimum atomic E-state index is -1.23. The Labute approximate surface area is 182 Å². The van der Waals surface area contributed by atoms with Gasteiger partial charge >= 0.3 is 5.97 Å². The number of ketones is 1. The van der Waals surface area contributed by atoms with Crippen LogP contribution in [0.15, 0.2) is 23.8 Å². The smallest absolute Gasteiger partial charge is 0.305 e. The highest BCUT2D eigenvalue weighted by atomic mass is 35.5. The van der Waals surface area contributed by atoms with Gasteiger partial charge in [-0.15, -0.1) is 23.2 Å². The van der Waals surface area contributed by atoms with Crippen molar-refractivity contribution in [1.82, 2.24) is 0 Å². The fourth-order valence-corrected chi connectivity index (χ4v) is 8.15. The Hall–Kier alpha value is -0.870. The van der Waals surface area contributed by atoms with E-state index in [0.717, 1.165) is 6.42 Å². The Balaban J connectivity index is 1.78. The van der Waals surface area contributed by atoms with Crippen LogP contribution in [0.25, 0.3) is 0 Å². The molecule has 3 saturated carbocycles. The zero-order valence-electron chi connectivity index (χ0n) is 17.4. The van der Waals surface area contributed by atoms with Crippen molar-refractivity contribution in [3.05, 3.63) is 23.8 Å². The number of alkyl halides is 3. The van der Waals surface area contributed by atoms with Gasteiger partial charge in [-0.05, 0) is 54.7 Å². The number of halogens is 3. The summed E-state index contributed by atoms with van der Waals surface area (Å²) in [5, 5.41) is -0.442. The van der Waals surface area contributed by atoms with E-state index in [4.69, 9.17) is 27.9 Å². The molecule has 3 fully saturated rings. The van der Waals surface area contributed by atoms with Gasteiger partial charge in [-0.2, -0.15) is 0 Å². The average Bonchev–Trinajstić information content (AvgIpc) is 2.90. The van der Waals surface area contributed by atoms with Crippen molar-refractivity contribution in [3.8, 4) is 0 Å². The van der Waals surface area contributed by atoms with Crippen LogP contribution < -0.4 is 0 Å². The zero-order chi connectivity index (χ0) is 21.4. The van der Waals surface area contributed by atoms with E-state index in [1.165, 1.54) is 12.2 Å². The van der Waals surface area contributed by atoms with E-state index in [-0.39, 0.29) is 47.4 Å². The third kappa shape index (κ3) is 2.74. The summed E-state index contributed by atoms with van der Waals surface area (Å²) in [5.74, 6) is -0.327. The maximum Gasteiger partial charge on any atom is 0.305 e. The summed E-state index contributed by atoms with van der Waals surface area (Å²) in [6.07, 6.45) is 5.18. The van der Waals surface area contributed by atoms with Crippen molar-refractivity contribution in [2.75, 3.05) is 0 Å². The van der Waals surface area contributed by atoms with Gasteiger partial charge in [-0.25, -0.2) is 4.39 Å². The second-order valence-electron chi connectivity index (χ2n) is 9.88. The lowest BCUT2D eigenvalue weighted by atomic mass is 9.47. The van der Waals surface area contributed by atoms with Gasteiger partial charge in [0.05, 0.1) is 10.3 Å². The highest BCUT2D eigenvalue weighted by molar-refractivity contribution is 6.34. The van der Waals surface area contributed by atoms with E-state index in [1.54, 1.807) is 13.0 Å². The summed E-state index contributed by atoms with van der Waals surface area (Å²) >= 11 is 14.4. The van der Waals surface area contributed by atoms with Crippen LogP contribution in [0.3, 0.4) is 0 Å². The molecule has 160 valence electrons. The number of carbonyl (C=O) groups excluding carboxylic acids is 2. The monoisotopic (exact) mass is 442 g/mol. The molecule has 6 heteroatoms. The average molecular weight is 443 g/mol. The molecule has 0 amide bonds. The van der Waals surface area contributed by atoms with Crippen LogP contribution in [0.1, 0.15) is 53.4 Å². The molecule has 0 unspecified atom stereocenters. The van der Waals surface area contributed by atoms with Crippen molar-refractivity contribution < 1.29 is 18.7 Å². The number of allylic oxidation sites excluding steroid dienone is 4. The van der Waals surface area contributed by atoms with Gasteiger partial charge in [-0.1, -0.05) is 33.8 Å². The van der Waals surface area contributed by atoms with Crippen LogP contribution in [0.2, 0.25) is 0 Å². The quantitative estimate of drug-likeness (QED) is 0.425. The van der Waals surface area contributed by atoms with Gasteiger partial charge in [0.1, 0.15) is 12.3 Å². The van der Waals surface area contributed by atoms with Crippen LogP contribution in [-0.4, -0.2) is 34.3 Å². The third-order valence-electron chi connectivity index (χ3n) is 8.36. The molecule has 0 aliphatic heterocycles. The molecule has 0 aromatic heterocycles. The second kappa shape index (κ2) is 6.82. The predicted octanol–water partition coefficient (Wildman–Crippen LogP) is 5.39. The molecule has 4 rings (SSSR count). The molecule has 0 bridgehead atoms. The molecule has 4 aliphatic carbocycles. The standard InChI is InChI=1S/C23H29Cl2FO3/c1-5-19(28)29-20-12(2)8-14-15-10-17(26)16-9-13(27)6-7-22(16,4)23(15,25)18(24)11-21(14,20)3/h6-7,9,12,14-15,17-18,20H,5,8,10-11H2,1-4H3/t12-,14-,15-,17-,18-,20+,21-,22-,23-/m0/s1. The van der Waals surface area contributed by atoms with Gasteiger partial charge in [0, 0.05) is 17.3 Å². The highest BCUT2D eigenvalue weighted by Gasteiger charge is 2.71. The second-order valence-corrected chi connectivity index (χ2v) is 11.0. The number of rotatable bonds is 2. The third-order valence-corrected chi connectivity index (χ3v) is 9.91. The predicted molar refractivity (Wildman–Crippen MR) is 112 cm³/mol. The Morgan fingerprint density at radius 2 is 2.00 bits per heavy atom. The number of hydrogen-bond donors (Lipinski definition) is 0. The Morgan fingerprint density at radius 3 is 2.66 bits per heavy atom. The summed E-state index contributed by atoms with van der Waals surface area (Å²) in [7, 11) is 0. The molecule has 3 nitrogen and oxygen atoms in total. The molecule has 0 spiro atoms. The Bertz CT molecular complexity index is 810. The minimum absolute atomic E-state index is 0.0994. The van der Waals surface area contributed by atoms with Crippen LogP contribution in [0, 0.1) is 28.6 Å². The summed E-state index contributed by atoms with van der Waals surface area (Å²) in [5.41, 5.74) is -0.712. The lowest BCUT2D eigenvalue weighted by molar-refractivity contribution is -0.161. The highest BCUT2D eigenvalue weighted by Crippen LogP contribution is 2.70. The molecule has 0 aromatic rings. The molecule has 0 saturated heterocycles. The van der Waals surface area contributed by atoms with E-state index in [0.29, 0.717) is 18.4 Å². The number of fused-ring (bicyclic) bond motifs is 5. The number of carbonyl (C=O) groups is 2. The van der Waals surface area contributed by atoms with Crippen LogP contribution in [-0.2, 0) is 14.3 Å². The topological polar surface area (TPSA) is 43.4 Å². The lowest BCUT2D eigenvalue weighted by Gasteiger charge is -2.63. The van der Waals surface area contributed by atoms with Gasteiger partial charge in [0.15, 0.2) is 5.78 Å². The first-order valence-corrected chi connectivity index (χ1v) is 11.4. The lowest BCUT2D eigenvalue weighted by Crippen LogP contribution is -2.66. The first-order valence-electron chi connectivity index (χ1n) is 10.6. The van der Waals surface area contributed by atoms with Crippen molar-refractivity contribution in [3.63, 3.8) is 0 Å². The van der Waals surface area contributed by atoms with Crippen molar-refractivity contribution in [2.45, 2.75) is 75.9 Å². The normalized spacial score (nSPS) is 51.0. The fourth-order valence-electron chi connectivity index (χ4n) is 6.94. The summed E-state index contributed by atoms with van der Waals surface area (Å²) in [6.45, 7) is 7.93. The first-order chi connectivity index (χ1) is 13.5. The first kappa shape index (κ1) is 21.4. The largest absolute Gasteiger partial charge is 0.461 e. The molecular weight excluding hydrogens is 414 g/mol. The molecule has 9 atom stereocenters. The minimum Gasteiger partial charge on any atom is -0.461 e. The maximum absolute atomic E-state index is 15.4. The number of hydrogen-bond acceptors (Lipinski definition) is 3. The van der Waals surface area contributed by atoms with Crippen molar-refractivity contribution >= 4 is 35.0 Å². The molecule has 0 radical (unpaired) electrons. The molecular formula is C23H29Cl2FO3. The summed E-state index contributed by atoms with van der Waals surface area (Å²) < 4.78 is 21.3. The van der Waals surface area contributed by atoms with E-state index >= 15 is 4.39 Å². The van der Waals surface area contributed by atoms with Gasteiger partial charge in [0.25, 0.3) is 0 Å². The van der Waals surface area contributed by atoms with Crippen molar-refractivity contribution in [1.29, 1.82) is 0 Å². The van der Waals surface area contributed by atoms with E-state index in [9.17, 15) is 9.59 Å². The van der Waals surface area contributed by atoms with Crippen LogP contribution in [0.5, 0.6) is 0 Å². The SMILES string of the molecule is CCC(=O)O[C@@H]1[C@@H](C)C[C@H]2[C@@H]3C[C@H](F)C4=CC(=O)C=C[C@]4(C)[C@@]3(Cl)[C@@H](Cl)C[C@]12C. The zero-order valence-corrected chi connectivity index (χ0v) is 18.9. The number of esters is 1. The maximum atomic E-state index is 15.4. The van der Waals surface area contributed by atoms with Gasteiger partial charge in [-0.3, -0.25) is 9.59 Å². The fraction of sp³-hybridized carbons (Fsp3) is 0.739. The molecule has 0 aromatic carbocycles. The van der Waals surface area contributed by atoms with Gasteiger partial charge in [0.2, 0.25) is 0 Å². The van der Waals surface area contributed by atoms with E-state index in [2.05, 4.69) is 13.8 Å². The van der Waals surface area contributed by atoms with E-state index < -0.39 is 21.8 Å². The summed E-state index contributed by atoms with van der Waals surface area (Å²) in [6, 6.07) is 0.